The summed E-state index contributed by atoms with van der Waals surface area (Å²) in [5.41, 5.74) is 1.04. The van der Waals surface area contributed by atoms with Crippen LogP contribution in [-0.4, -0.2) is 73.3 Å². The fourth-order valence-corrected chi connectivity index (χ4v) is 4.52. The van der Waals surface area contributed by atoms with Crippen molar-refractivity contribution in [3.63, 3.8) is 0 Å². The zero-order chi connectivity index (χ0) is 22.9. The molecule has 33 heavy (non-hydrogen) atoms. The van der Waals surface area contributed by atoms with Gasteiger partial charge in [-0.05, 0) is 56.5 Å². The van der Waals surface area contributed by atoms with Gasteiger partial charge in [-0.3, -0.25) is 9.69 Å². The molecule has 178 valence electrons. The molecule has 4 rings (SSSR count). The van der Waals surface area contributed by atoms with E-state index in [0.29, 0.717) is 31.7 Å². The van der Waals surface area contributed by atoms with E-state index in [1.807, 2.05) is 24.3 Å². The van der Waals surface area contributed by atoms with Gasteiger partial charge in [-0.25, -0.2) is 9.97 Å². The highest BCUT2D eigenvalue weighted by Crippen LogP contribution is 2.21. The lowest BCUT2D eigenvalue weighted by molar-refractivity contribution is -0.125. The van der Waals surface area contributed by atoms with E-state index in [-0.39, 0.29) is 11.8 Å². The van der Waals surface area contributed by atoms with Crippen molar-refractivity contribution in [2.24, 2.45) is 5.92 Å². The molecule has 0 bridgehead atoms. The molecule has 2 fully saturated rings. The molecule has 2 aliphatic rings. The van der Waals surface area contributed by atoms with Crippen molar-refractivity contribution >= 4 is 11.9 Å². The molecular weight excluding hydrogens is 418 g/mol. The molecule has 1 aromatic carbocycles. The first-order chi connectivity index (χ1) is 16.2. The van der Waals surface area contributed by atoms with Gasteiger partial charge in [0.05, 0.1) is 5.92 Å². The molecule has 8 nitrogen and oxygen atoms in total. The Bertz CT molecular complexity index is 875. The zero-order valence-electron chi connectivity index (χ0n) is 19.5. The number of benzene rings is 1. The molecule has 2 aromatic rings. The Labute approximate surface area is 196 Å². The minimum Gasteiger partial charge on any atom is -0.492 e. The molecule has 1 atom stereocenters. The van der Waals surface area contributed by atoms with Gasteiger partial charge in [-0.15, -0.1) is 0 Å². The number of nitrogens with zero attached hydrogens (tertiary/aromatic N) is 4. The van der Waals surface area contributed by atoms with Crippen molar-refractivity contribution in [3.8, 4) is 5.75 Å². The van der Waals surface area contributed by atoms with Crippen LogP contribution in [0.5, 0.6) is 5.75 Å². The standard InChI is InChI=1S/C25H35N5O3/c1-29(22-8-14-32-15-9-22)13-16-33-23-7-2-5-20(17-23)18-28-24(31)21-6-3-12-30(19-21)25-26-10-4-11-27-25/h2,4-5,7,10-11,17,21-22H,3,6,8-9,12-16,18-19H2,1H3,(H,28,31). The van der Waals surface area contributed by atoms with E-state index < -0.39 is 0 Å². The van der Waals surface area contributed by atoms with Crippen LogP contribution in [0, 0.1) is 5.92 Å². The summed E-state index contributed by atoms with van der Waals surface area (Å²) in [6.07, 6.45) is 7.50. The molecule has 2 saturated heterocycles. The highest BCUT2D eigenvalue weighted by atomic mass is 16.5. The number of aromatic nitrogens is 2. The van der Waals surface area contributed by atoms with Crippen LogP contribution >= 0.6 is 0 Å². The average molecular weight is 454 g/mol. The minimum absolute atomic E-state index is 0.0530. The predicted molar refractivity (Wildman–Crippen MR) is 127 cm³/mol. The van der Waals surface area contributed by atoms with Gasteiger partial charge in [0, 0.05) is 57.8 Å². The third-order valence-corrected chi connectivity index (χ3v) is 6.52. The van der Waals surface area contributed by atoms with Gasteiger partial charge in [0.15, 0.2) is 0 Å². The molecule has 8 heteroatoms. The maximum atomic E-state index is 12.8. The van der Waals surface area contributed by atoms with E-state index in [4.69, 9.17) is 9.47 Å². The van der Waals surface area contributed by atoms with Crippen LogP contribution in [-0.2, 0) is 16.1 Å². The second-order valence-corrected chi connectivity index (χ2v) is 8.87. The maximum Gasteiger partial charge on any atom is 0.225 e. The monoisotopic (exact) mass is 453 g/mol. The van der Waals surface area contributed by atoms with Crippen LogP contribution in [0.2, 0.25) is 0 Å². The molecule has 0 saturated carbocycles. The summed E-state index contributed by atoms with van der Waals surface area (Å²) >= 11 is 0. The number of anilines is 1. The lowest BCUT2D eigenvalue weighted by Crippen LogP contribution is -2.43. The lowest BCUT2D eigenvalue weighted by Gasteiger charge is -2.31. The highest BCUT2D eigenvalue weighted by Gasteiger charge is 2.27. The largest absolute Gasteiger partial charge is 0.492 e. The second kappa shape index (κ2) is 12.0. The molecule has 0 radical (unpaired) electrons. The molecule has 1 N–H and O–H groups in total. The number of carbonyl (C=O) groups is 1. The third-order valence-electron chi connectivity index (χ3n) is 6.52. The van der Waals surface area contributed by atoms with Crippen LogP contribution in [0.3, 0.4) is 0 Å². The number of likely N-dealkylation sites (N-methyl/N-ethyl adjacent to an activating group) is 1. The molecule has 3 heterocycles. The van der Waals surface area contributed by atoms with E-state index in [0.717, 1.165) is 63.3 Å². The summed E-state index contributed by atoms with van der Waals surface area (Å²) in [7, 11) is 2.15. The number of amides is 1. The molecular formula is C25H35N5O3. The summed E-state index contributed by atoms with van der Waals surface area (Å²) in [6, 6.07) is 10.4. The fourth-order valence-electron chi connectivity index (χ4n) is 4.52. The van der Waals surface area contributed by atoms with Crippen LogP contribution < -0.4 is 15.0 Å². The summed E-state index contributed by atoms with van der Waals surface area (Å²) < 4.78 is 11.4. The third kappa shape index (κ3) is 6.88. The summed E-state index contributed by atoms with van der Waals surface area (Å²) in [4.78, 5) is 25.9. The normalized spacial score (nSPS) is 19.5. The van der Waals surface area contributed by atoms with E-state index >= 15 is 0 Å². The topological polar surface area (TPSA) is 79.8 Å². The summed E-state index contributed by atoms with van der Waals surface area (Å²) in [5.74, 6) is 1.57. The Hall–Kier alpha value is -2.71. The van der Waals surface area contributed by atoms with Crippen molar-refractivity contribution in [2.75, 3.05) is 51.4 Å². The van der Waals surface area contributed by atoms with Gasteiger partial charge in [-0.2, -0.15) is 0 Å². The fraction of sp³-hybridized carbons (Fsp3) is 0.560. The first-order valence-corrected chi connectivity index (χ1v) is 12.0. The van der Waals surface area contributed by atoms with Gasteiger partial charge in [0.2, 0.25) is 11.9 Å². The van der Waals surface area contributed by atoms with Crippen LogP contribution in [0.25, 0.3) is 0 Å². The predicted octanol–water partition coefficient (Wildman–Crippen LogP) is 2.50. The van der Waals surface area contributed by atoms with Crippen LogP contribution in [0.1, 0.15) is 31.2 Å². The molecule has 0 aliphatic carbocycles. The van der Waals surface area contributed by atoms with Crippen LogP contribution in [0.4, 0.5) is 5.95 Å². The van der Waals surface area contributed by atoms with Crippen molar-refractivity contribution < 1.29 is 14.3 Å². The molecule has 1 unspecified atom stereocenters. The quantitative estimate of drug-likeness (QED) is 0.625. The zero-order valence-corrected chi connectivity index (χ0v) is 19.5. The number of nitrogens with one attached hydrogen (secondary N) is 1. The van der Waals surface area contributed by atoms with E-state index in [1.165, 1.54) is 0 Å². The SMILES string of the molecule is CN(CCOc1cccc(CNC(=O)C2CCCN(c3ncccn3)C2)c1)C1CCOCC1. The van der Waals surface area contributed by atoms with E-state index in [1.54, 1.807) is 18.5 Å². The summed E-state index contributed by atoms with van der Waals surface area (Å²) in [5, 5.41) is 3.10. The number of rotatable bonds is 9. The maximum absolute atomic E-state index is 12.8. The molecule has 0 spiro atoms. The van der Waals surface area contributed by atoms with Gasteiger partial charge >= 0.3 is 0 Å². The molecule has 1 amide bonds. The van der Waals surface area contributed by atoms with E-state index in [2.05, 4.69) is 32.1 Å². The Balaban J connectivity index is 1.21. The van der Waals surface area contributed by atoms with Crippen molar-refractivity contribution in [1.82, 2.24) is 20.2 Å². The van der Waals surface area contributed by atoms with Crippen molar-refractivity contribution in [3.05, 3.63) is 48.3 Å². The van der Waals surface area contributed by atoms with Crippen molar-refractivity contribution in [2.45, 2.75) is 38.3 Å². The molecule has 1 aromatic heterocycles. The Morgan fingerprint density at radius 2 is 2.03 bits per heavy atom. The molecule has 2 aliphatic heterocycles. The number of ether oxygens (including phenoxy) is 2. The first kappa shape index (κ1) is 23.4. The Morgan fingerprint density at radius 1 is 1.21 bits per heavy atom. The average Bonchev–Trinajstić information content (AvgIpc) is 2.88. The van der Waals surface area contributed by atoms with Gasteiger partial charge in [0.25, 0.3) is 0 Å². The smallest absolute Gasteiger partial charge is 0.225 e. The summed E-state index contributed by atoms with van der Waals surface area (Å²) in [6.45, 7) is 5.26. The minimum atomic E-state index is -0.0530. The van der Waals surface area contributed by atoms with Gasteiger partial charge < -0.3 is 19.7 Å². The van der Waals surface area contributed by atoms with Gasteiger partial charge in [-0.1, -0.05) is 12.1 Å². The van der Waals surface area contributed by atoms with Gasteiger partial charge in [0.1, 0.15) is 12.4 Å². The van der Waals surface area contributed by atoms with E-state index in [9.17, 15) is 4.79 Å². The number of hydrogen-bond acceptors (Lipinski definition) is 7. The first-order valence-electron chi connectivity index (χ1n) is 12.0. The van der Waals surface area contributed by atoms with Crippen LogP contribution in [0.15, 0.2) is 42.7 Å². The lowest BCUT2D eigenvalue weighted by atomic mass is 9.97. The number of carbonyl (C=O) groups excluding carboxylic acids is 1. The Kier molecular flexibility index (Phi) is 8.49. The Morgan fingerprint density at radius 3 is 2.85 bits per heavy atom. The number of hydrogen-bond donors (Lipinski definition) is 1. The number of piperidine rings is 1. The second-order valence-electron chi connectivity index (χ2n) is 8.87. The highest BCUT2D eigenvalue weighted by molar-refractivity contribution is 5.79. The van der Waals surface area contributed by atoms with Crippen molar-refractivity contribution in [1.29, 1.82) is 0 Å².